The molecule has 0 radical (unpaired) electrons. The van der Waals surface area contributed by atoms with Crippen molar-refractivity contribution in [3.8, 4) is 0 Å². The molecule has 0 fully saturated rings. The Bertz CT molecular complexity index is 165. The first-order chi connectivity index (χ1) is 5.62. The highest BCUT2D eigenvalue weighted by atomic mass is 14.3. The van der Waals surface area contributed by atoms with Gasteiger partial charge in [0.25, 0.3) is 0 Å². The van der Waals surface area contributed by atoms with Crippen molar-refractivity contribution in [2.75, 3.05) is 0 Å². The first-order valence-corrected chi connectivity index (χ1v) is 5.32. The summed E-state index contributed by atoms with van der Waals surface area (Å²) in [7, 11) is 0. The average molecular weight is 182 g/mol. The van der Waals surface area contributed by atoms with E-state index in [0.29, 0.717) is 16.7 Å². The van der Waals surface area contributed by atoms with Crippen LogP contribution in [0.1, 0.15) is 54.9 Å². The highest BCUT2D eigenvalue weighted by molar-refractivity contribution is 4.97. The molecule has 0 aliphatic heterocycles. The highest BCUT2D eigenvalue weighted by Gasteiger charge is 2.22. The van der Waals surface area contributed by atoms with E-state index in [9.17, 15) is 0 Å². The lowest BCUT2D eigenvalue weighted by molar-refractivity contribution is 0.261. The average Bonchev–Trinajstić information content (AvgIpc) is 1.78. The molecule has 0 aromatic rings. The fourth-order valence-electron chi connectivity index (χ4n) is 1.88. The van der Waals surface area contributed by atoms with Crippen LogP contribution in [-0.4, -0.2) is 0 Å². The summed E-state index contributed by atoms with van der Waals surface area (Å²) in [6.07, 6.45) is 5.91. The van der Waals surface area contributed by atoms with Crippen molar-refractivity contribution in [3.63, 3.8) is 0 Å². The maximum Gasteiger partial charge on any atom is -0.0170 e. The third kappa shape index (κ3) is 8.08. The van der Waals surface area contributed by atoms with Gasteiger partial charge in [-0.15, -0.1) is 0 Å². The molecular weight excluding hydrogens is 156 g/mol. The van der Waals surface area contributed by atoms with E-state index in [1.165, 1.54) is 6.42 Å². The Labute approximate surface area is 84.4 Å². The lowest BCUT2D eigenvalue weighted by atomic mass is 9.76. The van der Waals surface area contributed by atoms with Crippen LogP contribution in [0, 0.1) is 16.7 Å². The minimum absolute atomic E-state index is 0.336. The predicted molar refractivity (Wildman–Crippen MR) is 61.8 cm³/mol. The molecule has 0 nitrogen and oxygen atoms in total. The number of hydrogen-bond donors (Lipinski definition) is 0. The lowest BCUT2D eigenvalue weighted by Crippen LogP contribution is -2.18. The van der Waals surface area contributed by atoms with Gasteiger partial charge in [-0.1, -0.05) is 60.6 Å². The van der Waals surface area contributed by atoms with E-state index in [2.05, 4.69) is 60.6 Å². The first-order valence-electron chi connectivity index (χ1n) is 5.32. The molecular formula is C13H26. The highest BCUT2D eigenvalue weighted by Crippen LogP contribution is 2.34. The third-order valence-electron chi connectivity index (χ3n) is 1.92. The van der Waals surface area contributed by atoms with Gasteiger partial charge in [0.2, 0.25) is 0 Å². The largest absolute Gasteiger partial charge is 0.0854 e. The molecule has 13 heavy (non-hydrogen) atoms. The van der Waals surface area contributed by atoms with Gasteiger partial charge in [0.1, 0.15) is 0 Å². The normalized spacial score (nSPS) is 14.5. The van der Waals surface area contributed by atoms with Gasteiger partial charge < -0.3 is 0 Å². The maximum absolute atomic E-state index is 2.36. The Morgan fingerprint density at radius 3 is 1.77 bits per heavy atom. The Balaban J connectivity index is 4.24. The van der Waals surface area contributed by atoms with Crippen molar-refractivity contribution in [2.45, 2.75) is 54.9 Å². The minimum Gasteiger partial charge on any atom is -0.0854 e. The number of rotatable bonds is 3. The summed E-state index contributed by atoms with van der Waals surface area (Å²) in [5.41, 5.74) is 0.757. The smallest absolute Gasteiger partial charge is 0.0170 e. The van der Waals surface area contributed by atoms with Gasteiger partial charge >= 0.3 is 0 Å². The zero-order valence-corrected chi connectivity index (χ0v) is 10.4. The van der Waals surface area contributed by atoms with Crippen molar-refractivity contribution in [3.05, 3.63) is 12.2 Å². The van der Waals surface area contributed by atoms with E-state index < -0.39 is 0 Å². The van der Waals surface area contributed by atoms with Crippen LogP contribution in [0.3, 0.4) is 0 Å². The van der Waals surface area contributed by atoms with Crippen LogP contribution in [0.25, 0.3) is 0 Å². The van der Waals surface area contributed by atoms with E-state index in [0.717, 1.165) is 0 Å². The summed E-state index contributed by atoms with van der Waals surface area (Å²) in [6, 6.07) is 0. The minimum atomic E-state index is 0.336. The van der Waals surface area contributed by atoms with Gasteiger partial charge in [0.15, 0.2) is 0 Å². The predicted octanol–water partition coefficient (Wildman–Crippen LogP) is 4.66. The van der Waals surface area contributed by atoms with Crippen molar-refractivity contribution in [1.82, 2.24) is 0 Å². The summed E-state index contributed by atoms with van der Waals surface area (Å²) in [4.78, 5) is 0. The Kier molecular flexibility index (Phi) is 4.22. The zero-order chi connectivity index (χ0) is 10.7. The van der Waals surface area contributed by atoms with E-state index in [1.807, 2.05) is 0 Å². The quantitative estimate of drug-likeness (QED) is 0.557. The van der Waals surface area contributed by atoms with Crippen molar-refractivity contribution in [1.29, 1.82) is 0 Å². The second-order valence-electron chi connectivity index (χ2n) is 6.33. The molecule has 0 heterocycles. The van der Waals surface area contributed by atoms with Crippen LogP contribution < -0.4 is 0 Å². The molecule has 0 saturated carbocycles. The molecule has 0 atom stereocenters. The van der Waals surface area contributed by atoms with Crippen LogP contribution in [0.5, 0.6) is 0 Å². The Morgan fingerprint density at radius 1 is 1.00 bits per heavy atom. The van der Waals surface area contributed by atoms with Crippen LogP contribution in [0.2, 0.25) is 0 Å². The van der Waals surface area contributed by atoms with Crippen LogP contribution in [0.15, 0.2) is 12.2 Å². The van der Waals surface area contributed by atoms with Crippen LogP contribution in [-0.2, 0) is 0 Å². The van der Waals surface area contributed by atoms with Crippen molar-refractivity contribution in [2.24, 2.45) is 16.7 Å². The van der Waals surface area contributed by atoms with E-state index >= 15 is 0 Å². The SMILES string of the molecule is CC(C)C=CC(C)(C)CC(C)(C)C. The maximum atomic E-state index is 2.36. The topological polar surface area (TPSA) is 0 Å². The van der Waals surface area contributed by atoms with Crippen molar-refractivity contribution >= 4 is 0 Å². The van der Waals surface area contributed by atoms with Gasteiger partial charge in [-0.25, -0.2) is 0 Å². The summed E-state index contributed by atoms with van der Waals surface area (Å²) < 4.78 is 0. The van der Waals surface area contributed by atoms with E-state index in [4.69, 9.17) is 0 Å². The molecule has 0 rings (SSSR count). The van der Waals surface area contributed by atoms with Gasteiger partial charge in [0, 0.05) is 0 Å². The molecule has 0 saturated heterocycles. The summed E-state index contributed by atoms with van der Waals surface area (Å²) in [5.74, 6) is 0.666. The van der Waals surface area contributed by atoms with Gasteiger partial charge in [-0.05, 0) is 23.2 Å². The molecule has 0 heteroatoms. The summed E-state index contributed by atoms with van der Waals surface area (Å²) >= 11 is 0. The molecule has 0 spiro atoms. The summed E-state index contributed by atoms with van der Waals surface area (Å²) in [5, 5.41) is 0. The molecule has 0 aromatic heterocycles. The van der Waals surface area contributed by atoms with Crippen LogP contribution >= 0.6 is 0 Å². The second kappa shape index (κ2) is 4.30. The number of hydrogen-bond acceptors (Lipinski definition) is 0. The number of allylic oxidation sites excluding steroid dienone is 2. The van der Waals surface area contributed by atoms with Crippen molar-refractivity contribution < 1.29 is 0 Å². The molecule has 78 valence electrons. The fourth-order valence-corrected chi connectivity index (χ4v) is 1.88. The first kappa shape index (κ1) is 12.7. The van der Waals surface area contributed by atoms with Gasteiger partial charge in [-0.3, -0.25) is 0 Å². The third-order valence-corrected chi connectivity index (χ3v) is 1.92. The van der Waals surface area contributed by atoms with Crippen LogP contribution in [0.4, 0.5) is 0 Å². The van der Waals surface area contributed by atoms with E-state index in [-0.39, 0.29) is 0 Å². The molecule has 0 aliphatic rings. The standard InChI is InChI=1S/C13H26/c1-11(2)8-9-13(6,7)10-12(3,4)5/h8-9,11H,10H2,1-7H3. The van der Waals surface area contributed by atoms with Gasteiger partial charge in [-0.2, -0.15) is 0 Å². The van der Waals surface area contributed by atoms with E-state index in [1.54, 1.807) is 0 Å². The molecule has 0 amide bonds. The second-order valence-corrected chi connectivity index (χ2v) is 6.33. The lowest BCUT2D eigenvalue weighted by Gasteiger charge is -2.30. The zero-order valence-electron chi connectivity index (χ0n) is 10.4. The molecule has 0 N–H and O–H groups in total. The molecule has 0 unspecified atom stereocenters. The Morgan fingerprint density at radius 2 is 1.46 bits per heavy atom. The summed E-state index contributed by atoms with van der Waals surface area (Å²) in [6.45, 7) is 16.0. The fraction of sp³-hybridized carbons (Fsp3) is 0.846. The molecule has 0 aliphatic carbocycles. The Hall–Kier alpha value is -0.260. The molecule has 0 aromatic carbocycles. The monoisotopic (exact) mass is 182 g/mol. The molecule has 0 bridgehead atoms. The van der Waals surface area contributed by atoms with Gasteiger partial charge in [0.05, 0.1) is 0 Å².